The van der Waals surface area contributed by atoms with Gasteiger partial charge in [0, 0.05) is 5.56 Å². The summed E-state index contributed by atoms with van der Waals surface area (Å²) in [5.41, 5.74) is 3.05. The van der Waals surface area contributed by atoms with Gasteiger partial charge in [0.1, 0.15) is 24.7 Å². The van der Waals surface area contributed by atoms with Gasteiger partial charge in [-0.05, 0) is 35.4 Å². The van der Waals surface area contributed by atoms with E-state index in [0.29, 0.717) is 19.0 Å². The third-order valence-electron chi connectivity index (χ3n) is 3.69. The van der Waals surface area contributed by atoms with Gasteiger partial charge in [-0.25, -0.2) is 0 Å². The zero-order valence-electron chi connectivity index (χ0n) is 13.7. The van der Waals surface area contributed by atoms with E-state index >= 15 is 0 Å². The molecule has 4 heteroatoms. The molecular formula is C21H19NO3. The molecule has 0 bridgehead atoms. The van der Waals surface area contributed by atoms with Crippen LogP contribution in [0.1, 0.15) is 5.56 Å². The lowest BCUT2D eigenvalue weighted by Crippen LogP contribution is -2.09. The van der Waals surface area contributed by atoms with Crippen molar-refractivity contribution in [2.45, 2.75) is 0 Å². The first-order valence-corrected chi connectivity index (χ1v) is 8.04. The lowest BCUT2D eigenvalue weighted by molar-refractivity contribution is 0.217. The summed E-state index contributed by atoms with van der Waals surface area (Å²) >= 11 is 0. The second kappa shape index (κ2) is 8.55. The van der Waals surface area contributed by atoms with Gasteiger partial charge in [-0.2, -0.15) is 0 Å². The van der Waals surface area contributed by atoms with Crippen molar-refractivity contribution in [3.63, 3.8) is 0 Å². The van der Waals surface area contributed by atoms with Crippen molar-refractivity contribution in [2.75, 3.05) is 13.2 Å². The van der Waals surface area contributed by atoms with Gasteiger partial charge in [0.15, 0.2) is 0 Å². The van der Waals surface area contributed by atoms with Crippen LogP contribution >= 0.6 is 0 Å². The van der Waals surface area contributed by atoms with Gasteiger partial charge in [0.25, 0.3) is 0 Å². The van der Waals surface area contributed by atoms with Crippen LogP contribution in [0.4, 0.5) is 0 Å². The number of nitrogens with zero attached hydrogens (tertiary/aromatic N) is 1. The minimum Gasteiger partial charge on any atom is -0.490 e. The average Bonchev–Trinajstić information content (AvgIpc) is 2.68. The van der Waals surface area contributed by atoms with Crippen LogP contribution in [0.25, 0.3) is 11.1 Å². The van der Waals surface area contributed by atoms with E-state index < -0.39 is 0 Å². The van der Waals surface area contributed by atoms with Gasteiger partial charge in [-0.1, -0.05) is 59.8 Å². The summed E-state index contributed by atoms with van der Waals surface area (Å²) in [6.07, 6.45) is 1.35. The van der Waals surface area contributed by atoms with Crippen molar-refractivity contribution >= 4 is 6.21 Å². The Morgan fingerprint density at radius 1 is 0.720 bits per heavy atom. The first-order chi connectivity index (χ1) is 12.4. The number of oxime groups is 1. The molecule has 3 aromatic carbocycles. The minimum absolute atomic E-state index is 0.400. The molecule has 3 aromatic rings. The van der Waals surface area contributed by atoms with Crippen LogP contribution in [0.3, 0.4) is 0 Å². The Hall–Kier alpha value is -3.27. The van der Waals surface area contributed by atoms with Gasteiger partial charge >= 0.3 is 0 Å². The maximum atomic E-state index is 8.66. The predicted octanol–water partition coefficient (Wildman–Crippen LogP) is 4.62. The molecule has 0 atom stereocenters. The van der Waals surface area contributed by atoms with Crippen molar-refractivity contribution in [1.29, 1.82) is 0 Å². The second-order valence-corrected chi connectivity index (χ2v) is 5.37. The summed E-state index contributed by atoms with van der Waals surface area (Å²) in [5.74, 6) is 1.46. The summed E-state index contributed by atoms with van der Waals surface area (Å²) in [6, 6.07) is 25.6. The molecule has 1 N–H and O–H groups in total. The fraction of sp³-hybridized carbons (Fsp3) is 0.0952. The summed E-state index contributed by atoms with van der Waals surface area (Å²) in [6.45, 7) is 0.825. The molecule has 0 aromatic heterocycles. The maximum Gasteiger partial charge on any atom is 0.128 e. The normalized spacial score (nSPS) is 10.7. The van der Waals surface area contributed by atoms with Crippen molar-refractivity contribution < 1.29 is 14.7 Å². The van der Waals surface area contributed by atoms with Crippen LogP contribution < -0.4 is 9.47 Å². The first kappa shape index (κ1) is 16.6. The van der Waals surface area contributed by atoms with Crippen LogP contribution in [0, 0.1) is 0 Å². The maximum absolute atomic E-state index is 8.66. The van der Waals surface area contributed by atoms with Crippen molar-refractivity contribution in [3.05, 3.63) is 84.4 Å². The van der Waals surface area contributed by atoms with E-state index in [1.165, 1.54) is 11.8 Å². The molecule has 0 saturated carbocycles. The lowest BCUT2D eigenvalue weighted by atomic mass is 10.1. The molecule has 0 heterocycles. The zero-order valence-corrected chi connectivity index (χ0v) is 13.7. The highest BCUT2D eigenvalue weighted by atomic mass is 16.5. The molecule has 0 radical (unpaired) electrons. The molecule has 0 fully saturated rings. The van der Waals surface area contributed by atoms with Crippen LogP contribution in [0.2, 0.25) is 0 Å². The monoisotopic (exact) mass is 333 g/mol. The highest BCUT2D eigenvalue weighted by Gasteiger charge is 2.02. The summed E-state index contributed by atoms with van der Waals surface area (Å²) < 4.78 is 11.4. The number of hydrogen-bond acceptors (Lipinski definition) is 4. The molecule has 0 amide bonds. The molecule has 0 aliphatic rings. The van der Waals surface area contributed by atoms with E-state index in [9.17, 15) is 0 Å². The van der Waals surface area contributed by atoms with E-state index in [1.807, 2.05) is 66.7 Å². The van der Waals surface area contributed by atoms with Gasteiger partial charge in [-0.15, -0.1) is 0 Å². The van der Waals surface area contributed by atoms with E-state index in [0.717, 1.165) is 16.9 Å². The van der Waals surface area contributed by atoms with E-state index in [2.05, 4.69) is 17.3 Å². The van der Waals surface area contributed by atoms with Gasteiger partial charge in [0.2, 0.25) is 0 Å². The third-order valence-corrected chi connectivity index (χ3v) is 3.69. The predicted molar refractivity (Wildman–Crippen MR) is 98.7 cm³/mol. The van der Waals surface area contributed by atoms with Gasteiger partial charge in [0.05, 0.1) is 6.21 Å². The average molecular weight is 333 g/mol. The Labute approximate surface area is 147 Å². The molecule has 0 aliphatic heterocycles. The van der Waals surface area contributed by atoms with Crippen molar-refractivity contribution in [3.8, 4) is 22.6 Å². The highest BCUT2D eigenvalue weighted by molar-refractivity contribution is 5.82. The van der Waals surface area contributed by atoms with Crippen LogP contribution in [0.5, 0.6) is 11.5 Å². The van der Waals surface area contributed by atoms with Gasteiger partial charge < -0.3 is 14.7 Å². The molecule has 3 rings (SSSR count). The SMILES string of the molecule is ON=Cc1ccccc1OCCOc1ccc(-c2ccccc2)cc1. The van der Waals surface area contributed by atoms with E-state index in [-0.39, 0.29) is 0 Å². The number of hydrogen-bond donors (Lipinski definition) is 1. The zero-order chi connectivity index (χ0) is 17.3. The fourth-order valence-electron chi connectivity index (χ4n) is 2.47. The fourth-order valence-corrected chi connectivity index (χ4v) is 2.47. The largest absolute Gasteiger partial charge is 0.490 e. The Bertz CT molecular complexity index is 814. The molecule has 0 unspecified atom stereocenters. The molecule has 0 spiro atoms. The molecule has 0 aliphatic carbocycles. The lowest BCUT2D eigenvalue weighted by Gasteiger charge is -2.10. The summed E-state index contributed by atoms with van der Waals surface area (Å²) in [7, 11) is 0. The summed E-state index contributed by atoms with van der Waals surface area (Å²) in [5, 5.41) is 11.7. The third kappa shape index (κ3) is 4.61. The smallest absolute Gasteiger partial charge is 0.128 e. The minimum atomic E-state index is 0.400. The second-order valence-electron chi connectivity index (χ2n) is 5.37. The Morgan fingerprint density at radius 3 is 2.12 bits per heavy atom. The number of benzene rings is 3. The van der Waals surface area contributed by atoms with Gasteiger partial charge in [-0.3, -0.25) is 0 Å². The molecule has 126 valence electrons. The van der Waals surface area contributed by atoms with Crippen molar-refractivity contribution in [1.82, 2.24) is 0 Å². The number of ether oxygens (including phenoxy) is 2. The van der Waals surface area contributed by atoms with E-state index in [4.69, 9.17) is 14.7 Å². The number of para-hydroxylation sites is 1. The molecule has 4 nitrogen and oxygen atoms in total. The Kier molecular flexibility index (Phi) is 5.67. The Balaban J connectivity index is 1.51. The standard InChI is InChI=1S/C21H19NO3/c23-22-16-19-8-4-5-9-21(19)25-15-14-24-20-12-10-18(11-13-20)17-6-2-1-3-7-17/h1-13,16,23H,14-15H2. The Morgan fingerprint density at radius 2 is 1.36 bits per heavy atom. The molecular weight excluding hydrogens is 314 g/mol. The van der Waals surface area contributed by atoms with E-state index in [1.54, 1.807) is 0 Å². The topological polar surface area (TPSA) is 51.1 Å². The van der Waals surface area contributed by atoms with Crippen LogP contribution in [-0.2, 0) is 0 Å². The van der Waals surface area contributed by atoms with Crippen LogP contribution in [-0.4, -0.2) is 24.6 Å². The quantitative estimate of drug-likeness (QED) is 0.297. The molecule has 0 saturated heterocycles. The highest BCUT2D eigenvalue weighted by Crippen LogP contribution is 2.22. The number of rotatable bonds is 7. The molecule has 25 heavy (non-hydrogen) atoms. The van der Waals surface area contributed by atoms with Crippen molar-refractivity contribution in [2.24, 2.45) is 5.16 Å². The first-order valence-electron chi connectivity index (χ1n) is 8.04. The van der Waals surface area contributed by atoms with Crippen LogP contribution in [0.15, 0.2) is 84.0 Å². The summed E-state index contributed by atoms with van der Waals surface area (Å²) in [4.78, 5) is 0.